The van der Waals surface area contributed by atoms with Crippen LogP contribution in [0.15, 0.2) is 18.2 Å². The molecule has 0 unspecified atom stereocenters. The van der Waals surface area contributed by atoms with E-state index in [9.17, 15) is 0 Å². The van der Waals surface area contributed by atoms with E-state index < -0.39 is 0 Å². The van der Waals surface area contributed by atoms with Gasteiger partial charge in [0.2, 0.25) is 0 Å². The third-order valence-electron chi connectivity index (χ3n) is 4.49. The number of benzene rings is 1. The van der Waals surface area contributed by atoms with Gasteiger partial charge in [0.05, 0.1) is 0 Å². The van der Waals surface area contributed by atoms with Crippen molar-refractivity contribution in [1.29, 1.82) is 0 Å². The molecule has 1 aliphatic rings. The Balaban J connectivity index is 2.30. The summed E-state index contributed by atoms with van der Waals surface area (Å²) in [4.78, 5) is 0. The van der Waals surface area contributed by atoms with Crippen molar-refractivity contribution in [3.8, 4) is 0 Å². The zero-order valence-corrected chi connectivity index (χ0v) is 13.1. The molecule has 1 aliphatic carbocycles. The standard InChI is InChI=1S/C18H29N/c1-14(2)19-13-18(8-6-5-7-9-18)17-11-15(3)10-16(4)12-17/h10-12,14,19H,5-9,13H2,1-4H3. The van der Waals surface area contributed by atoms with E-state index in [1.807, 2.05) is 0 Å². The summed E-state index contributed by atoms with van der Waals surface area (Å²) in [7, 11) is 0. The Morgan fingerprint density at radius 1 is 1.00 bits per heavy atom. The van der Waals surface area contributed by atoms with Crippen molar-refractivity contribution in [3.63, 3.8) is 0 Å². The molecule has 1 nitrogen and oxygen atoms in total. The number of hydrogen-bond donors (Lipinski definition) is 1. The molecule has 0 atom stereocenters. The van der Waals surface area contributed by atoms with E-state index in [1.54, 1.807) is 5.56 Å². The van der Waals surface area contributed by atoms with Crippen molar-refractivity contribution in [1.82, 2.24) is 5.32 Å². The molecule has 2 rings (SSSR count). The molecular formula is C18H29N. The molecule has 0 radical (unpaired) electrons. The molecule has 0 aromatic heterocycles. The molecule has 1 aromatic rings. The molecule has 1 N–H and O–H groups in total. The first-order valence-corrected chi connectivity index (χ1v) is 7.84. The molecule has 1 saturated carbocycles. The van der Waals surface area contributed by atoms with Crippen LogP contribution in [0.5, 0.6) is 0 Å². The molecular weight excluding hydrogens is 230 g/mol. The van der Waals surface area contributed by atoms with Crippen LogP contribution in [0.3, 0.4) is 0 Å². The van der Waals surface area contributed by atoms with Crippen molar-refractivity contribution in [2.75, 3.05) is 6.54 Å². The highest BCUT2D eigenvalue weighted by atomic mass is 14.9. The Kier molecular flexibility index (Phi) is 4.67. The van der Waals surface area contributed by atoms with Crippen molar-refractivity contribution in [2.45, 2.75) is 71.3 Å². The molecule has 0 saturated heterocycles. The van der Waals surface area contributed by atoms with Gasteiger partial charge in [0.25, 0.3) is 0 Å². The van der Waals surface area contributed by atoms with Crippen LogP contribution in [0.25, 0.3) is 0 Å². The molecule has 0 amide bonds. The lowest BCUT2D eigenvalue weighted by Gasteiger charge is -2.39. The fourth-order valence-corrected chi connectivity index (χ4v) is 3.48. The average molecular weight is 259 g/mol. The van der Waals surface area contributed by atoms with Gasteiger partial charge in [-0.05, 0) is 32.3 Å². The zero-order valence-electron chi connectivity index (χ0n) is 13.1. The smallest absolute Gasteiger partial charge is 0.00780 e. The van der Waals surface area contributed by atoms with Gasteiger partial charge >= 0.3 is 0 Å². The molecule has 0 bridgehead atoms. The Hall–Kier alpha value is -0.820. The molecule has 0 heterocycles. The van der Waals surface area contributed by atoms with E-state index in [4.69, 9.17) is 0 Å². The second-order valence-corrected chi connectivity index (χ2v) is 6.75. The molecule has 106 valence electrons. The lowest BCUT2D eigenvalue weighted by atomic mass is 9.68. The maximum atomic E-state index is 3.69. The van der Waals surface area contributed by atoms with Gasteiger partial charge in [-0.1, -0.05) is 62.4 Å². The van der Waals surface area contributed by atoms with Crippen molar-refractivity contribution < 1.29 is 0 Å². The van der Waals surface area contributed by atoms with Crippen molar-refractivity contribution in [3.05, 3.63) is 34.9 Å². The summed E-state index contributed by atoms with van der Waals surface area (Å²) in [5, 5.41) is 3.69. The van der Waals surface area contributed by atoms with Crippen molar-refractivity contribution >= 4 is 0 Å². The van der Waals surface area contributed by atoms with Crippen LogP contribution in [-0.2, 0) is 5.41 Å². The van der Waals surface area contributed by atoms with Crippen LogP contribution in [-0.4, -0.2) is 12.6 Å². The molecule has 0 aliphatic heterocycles. The van der Waals surface area contributed by atoms with Crippen LogP contribution >= 0.6 is 0 Å². The van der Waals surface area contributed by atoms with Crippen LogP contribution in [0.1, 0.15) is 62.6 Å². The fourth-order valence-electron chi connectivity index (χ4n) is 3.48. The van der Waals surface area contributed by atoms with Gasteiger partial charge in [0.15, 0.2) is 0 Å². The molecule has 0 spiro atoms. The van der Waals surface area contributed by atoms with E-state index in [2.05, 4.69) is 51.2 Å². The molecule has 19 heavy (non-hydrogen) atoms. The minimum Gasteiger partial charge on any atom is -0.314 e. The summed E-state index contributed by atoms with van der Waals surface area (Å²) in [6, 6.07) is 7.70. The number of rotatable bonds is 4. The number of nitrogens with one attached hydrogen (secondary N) is 1. The lowest BCUT2D eigenvalue weighted by Crippen LogP contribution is -2.42. The quantitative estimate of drug-likeness (QED) is 0.839. The lowest BCUT2D eigenvalue weighted by molar-refractivity contribution is 0.273. The second-order valence-electron chi connectivity index (χ2n) is 6.75. The third kappa shape index (κ3) is 3.60. The number of aryl methyl sites for hydroxylation is 2. The SMILES string of the molecule is Cc1cc(C)cc(C2(CNC(C)C)CCCCC2)c1. The highest BCUT2D eigenvalue weighted by Gasteiger charge is 2.33. The molecule has 1 heteroatoms. The largest absolute Gasteiger partial charge is 0.314 e. The average Bonchev–Trinajstić information content (AvgIpc) is 2.36. The molecule has 1 aromatic carbocycles. The monoisotopic (exact) mass is 259 g/mol. The summed E-state index contributed by atoms with van der Waals surface area (Å²) >= 11 is 0. The summed E-state index contributed by atoms with van der Waals surface area (Å²) in [6.07, 6.45) is 6.86. The third-order valence-corrected chi connectivity index (χ3v) is 4.49. The van der Waals surface area contributed by atoms with E-state index in [0.29, 0.717) is 11.5 Å². The summed E-state index contributed by atoms with van der Waals surface area (Å²) in [5.41, 5.74) is 4.76. The van der Waals surface area contributed by atoms with Gasteiger partial charge < -0.3 is 5.32 Å². The van der Waals surface area contributed by atoms with Crippen LogP contribution in [0.4, 0.5) is 0 Å². The van der Waals surface area contributed by atoms with Gasteiger partial charge in [-0.15, -0.1) is 0 Å². The maximum Gasteiger partial charge on any atom is 0.00780 e. The van der Waals surface area contributed by atoms with Crippen LogP contribution in [0, 0.1) is 13.8 Å². The van der Waals surface area contributed by atoms with Gasteiger partial charge in [-0.2, -0.15) is 0 Å². The van der Waals surface area contributed by atoms with E-state index in [1.165, 1.54) is 43.2 Å². The highest BCUT2D eigenvalue weighted by Crippen LogP contribution is 2.39. The summed E-state index contributed by atoms with van der Waals surface area (Å²) in [5.74, 6) is 0. The number of hydrogen-bond acceptors (Lipinski definition) is 1. The van der Waals surface area contributed by atoms with Gasteiger partial charge in [0, 0.05) is 18.0 Å². The predicted octanol–water partition coefficient (Wildman–Crippen LogP) is 4.50. The summed E-state index contributed by atoms with van der Waals surface area (Å²) in [6.45, 7) is 10.1. The van der Waals surface area contributed by atoms with E-state index in [-0.39, 0.29) is 0 Å². The zero-order chi connectivity index (χ0) is 13.9. The van der Waals surface area contributed by atoms with Gasteiger partial charge in [-0.3, -0.25) is 0 Å². The van der Waals surface area contributed by atoms with Crippen LogP contribution < -0.4 is 5.32 Å². The Morgan fingerprint density at radius 2 is 1.58 bits per heavy atom. The first kappa shape index (κ1) is 14.6. The Morgan fingerprint density at radius 3 is 2.11 bits per heavy atom. The molecule has 1 fully saturated rings. The van der Waals surface area contributed by atoms with E-state index in [0.717, 1.165) is 6.54 Å². The van der Waals surface area contributed by atoms with Gasteiger partial charge in [-0.25, -0.2) is 0 Å². The first-order valence-electron chi connectivity index (χ1n) is 7.84. The fraction of sp³-hybridized carbons (Fsp3) is 0.667. The second kappa shape index (κ2) is 6.09. The Bertz CT molecular complexity index is 393. The van der Waals surface area contributed by atoms with Gasteiger partial charge in [0.1, 0.15) is 0 Å². The van der Waals surface area contributed by atoms with E-state index >= 15 is 0 Å². The maximum absolute atomic E-state index is 3.69. The minimum atomic E-state index is 0.374. The highest BCUT2D eigenvalue weighted by molar-refractivity contribution is 5.35. The first-order chi connectivity index (χ1) is 9.02. The summed E-state index contributed by atoms with van der Waals surface area (Å²) < 4.78 is 0. The normalized spacial score (nSPS) is 18.8. The van der Waals surface area contributed by atoms with Crippen LogP contribution in [0.2, 0.25) is 0 Å². The topological polar surface area (TPSA) is 12.0 Å². The Labute approximate surface area is 118 Å². The predicted molar refractivity (Wildman–Crippen MR) is 83.8 cm³/mol. The minimum absolute atomic E-state index is 0.374. The van der Waals surface area contributed by atoms with Crippen molar-refractivity contribution in [2.24, 2.45) is 0 Å².